The molecule has 162 valence electrons. The Morgan fingerprint density at radius 3 is 2.94 bits per heavy atom. The van der Waals surface area contributed by atoms with E-state index in [4.69, 9.17) is 10.5 Å². The van der Waals surface area contributed by atoms with Crippen molar-refractivity contribution in [3.63, 3.8) is 0 Å². The third kappa shape index (κ3) is 5.07. The Balaban J connectivity index is 1.40. The van der Waals surface area contributed by atoms with Crippen molar-refractivity contribution in [2.24, 2.45) is 0 Å². The van der Waals surface area contributed by atoms with Crippen LogP contribution >= 0.6 is 0 Å². The van der Waals surface area contributed by atoms with E-state index in [0.29, 0.717) is 32.1 Å². The molecule has 4 rings (SSSR count). The van der Waals surface area contributed by atoms with Gasteiger partial charge in [-0.05, 0) is 42.4 Å². The van der Waals surface area contributed by atoms with Gasteiger partial charge in [0, 0.05) is 24.8 Å². The van der Waals surface area contributed by atoms with Crippen LogP contribution in [0.5, 0.6) is 0 Å². The quantitative estimate of drug-likeness (QED) is 0.629. The fourth-order valence-electron chi connectivity index (χ4n) is 3.73. The summed E-state index contributed by atoms with van der Waals surface area (Å²) >= 11 is 0. The Bertz CT molecular complexity index is 1040. The summed E-state index contributed by atoms with van der Waals surface area (Å²) in [5.74, 6) is 0.178. The van der Waals surface area contributed by atoms with E-state index in [9.17, 15) is 9.18 Å². The summed E-state index contributed by atoms with van der Waals surface area (Å²) in [4.78, 5) is 20.6. The molecule has 9 heteroatoms. The molecule has 2 aromatic heterocycles. The van der Waals surface area contributed by atoms with Gasteiger partial charge in [0.25, 0.3) is 0 Å². The van der Waals surface area contributed by atoms with Crippen molar-refractivity contribution in [2.75, 3.05) is 39.0 Å². The maximum atomic E-state index is 13.1. The summed E-state index contributed by atoms with van der Waals surface area (Å²) in [6.07, 6.45) is 3.06. The topological polar surface area (TPSA) is 100 Å². The molecule has 1 saturated heterocycles. The van der Waals surface area contributed by atoms with Gasteiger partial charge >= 0.3 is 0 Å². The van der Waals surface area contributed by atoms with Gasteiger partial charge in [-0.2, -0.15) is 5.10 Å². The van der Waals surface area contributed by atoms with Gasteiger partial charge < -0.3 is 15.4 Å². The summed E-state index contributed by atoms with van der Waals surface area (Å²) in [6, 6.07) is 9.96. The minimum Gasteiger partial charge on any atom is -0.384 e. The summed E-state index contributed by atoms with van der Waals surface area (Å²) in [5.41, 5.74) is 9.34. The van der Waals surface area contributed by atoms with E-state index < -0.39 is 0 Å². The Morgan fingerprint density at radius 2 is 2.16 bits per heavy atom. The first-order valence-corrected chi connectivity index (χ1v) is 10.1. The molecule has 0 saturated carbocycles. The van der Waals surface area contributed by atoms with Crippen LogP contribution in [0.3, 0.4) is 0 Å². The van der Waals surface area contributed by atoms with Crippen molar-refractivity contribution in [1.82, 2.24) is 25.0 Å². The first kappa shape index (κ1) is 21.0. The number of aromatic amines is 1. The fraction of sp³-hybridized carbons (Fsp3) is 0.318. The van der Waals surface area contributed by atoms with Crippen LogP contribution in [0.4, 0.5) is 10.2 Å². The number of pyridine rings is 1. The Kier molecular flexibility index (Phi) is 6.24. The highest BCUT2D eigenvalue weighted by molar-refractivity contribution is 5.78. The van der Waals surface area contributed by atoms with Crippen molar-refractivity contribution >= 4 is 11.7 Å². The normalized spacial score (nSPS) is 16.6. The summed E-state index contributed by atoms with van der Waals surface area (Å²) in [7, 11) is 1.88. The number of amides is 1. The van der Waals surface area contributed by atoms with Gasteiger partial charge in [0.1, 0.15) is 17.7 Å². The van der Waals surface area contributed by atoms with Crippen LogP contribution in [-0.2, 0) is 16.1 Å². The van der Waals surface area contributed by atoms with Crippen LogP contribution in [-0.4, -0.2) is 64.2 Å². The average Bonchev–Trinajstić information content (AvgIpc) is 3.25. The van der Waals surface area contributed by atoms with Gasteiger partial charge in [0.2, 0.25) is 5.91 Å². The van der Waals surface area contributed by atoms with E-state index >= 15 is 0 Å². The lowest BCUT2D eigenvalue weighted by atomic mass is 10.0. The second-order valence-electron chi connectivity index (χ2n) is 7.66. The number of carbonyl (C=O) groups is 1. The number of likely N-dealkylation sites (N-methyl/N-ethyl adjacent to an activating group) is 1. The third-order valence-electron chi connectivity index (χ3n) is 5.27. The molecule has 1 aliphatic rings. The van der Waals surface area contributed by atoms with Gasteiger partial charge in [-0.25, -0.2) is 9.37 Å². The average molecular weight is 424 g/mol. The zero-order valence-electron chi connectivity index (χ0n) is 17.3. The number of ether oxygens (including phenoxy) is 1. The SMILES string of the molecule is CN(CC(=O)N1CCO[C@@H](c2[nH]ncc2-c2ccnc(N)c2)C1)Cc1ccc(F)cc1. The Hall–Kier alpha value is -3.30. The third-order valence-corrected chi connectivity index (χ3v) is 5.27. The standard InChI is InChI=1S/C22H25FN6O2/c1-28(12-15-2-4-17(23)5-3-15)14-21(30)29-8-9-31-19(13-29)22-18(11-26-27-22)16-6-7-25-20(24)10-16/h2-7,10-11,19H,8-9,12-14H2,1H3,(H2,24,25)(H,26,27)/t19-/m1/s1. The number of morpholine rings is 1. The molecule has 1 amide bonds. The lowest BCUT2D eigenvalue weighted by Crippen LogP contribution is -2.46. The molecule has 3 aromatic rings. The Labute approximate surface area is 179 Å². The largest absolute Gasteiger partial charge is 0.384 e. The van der Waals surface area contributed by atoms with Crippen LogP contribution in [0.1, 0.15) is 17.4 Å². The second-order valence-corrected chi connectivity index (χ2v) is 7.66. The number of H-pyrrole nitrogens is 1. The number of aromatic nitrogens is 3. The van der Waals surface area contributed by atoms with E-state index in [1.54, 1.807) is 35.5 Å². The molecule has 8 nitrogen and oxygen atoms in total. The minimum atomic E-state index is -0.313. The summed E-state index contributed by atoms with van der Waals surface area (Å²) in [6.45, 7) is 2.23. The number of hydrogen-bond donors (Lipinski definition) is 2. The fourth-order valence-corrected chi connectivity index (χ4v) is 3.73. The zero-order chi connectivity index (χ0) is 21.8. The molecule has 0 radical (unpaired) electrons. The predicted octanol–water partition coefficient (Wildman–Crippen LogP) is 2.22. The molecule has 3 N–H and O–H groups in total. The number of nitrogens with two attached hydrogens (primary N) is 1. The van der Waals surface area contributed by atoms with Crippen molar-refractivity contribution in [3.05, 3.63) is 65.9 Å². The highest BCUT2D eigenvalue weighted by Gasteiger charge is 2.29. The smallest absolute Gasteiger partial charge is 0.236 e. The first-order valence-electron chi connectivity index (χ1n) is 10.1. The molecule has 0 aliphatic carbocycles. The van der Waals surface area contributed by atoms with Crippen molar-refractivity contribution in [1.29, 1.82) is 0 Å². The van der Waals surface area contributed by atoms with Crippen molar-refractivity contribution in [2.45, 2.75) is 12.6 Å². The highest BCUT2D eigenvalue weighted by Crippen LogP contribution is 2.30. The number of nitrogens with zero attached hydrogens (tertiary/aromatic N) is 4. The van der Waals surface area contributed by atoms with E-state index in [0.717, 1.165) is 22.4 Å². The number of rotatable bonds is 6. The van der Waals surface area contributed by atoms with Gasteiger partial charge in [0.15, 0.2) is 0 Å². The van der Waals surface area contributed by atoms with Crippen molar-refractivity contribution < 1.29 is 13.9 Å². The van der Waals surface area contributed by atoms with Crippen LogP contribution < -0.4 is 5.73 Å². The number of carbonyl (C=O) groups excluding carboxylic acids is 1. The molecule has 1 atom stereocenters. The zero-order valence-corrected chi connectivity index (χ0v) is 17.3. The van der Waals surface area contributed by atoms with E-state index in [1.807, 2.05) is 18.0 Å². The summed E-state index contributed by atoms with van der Waals surface area (Å²) in [5, 5.41) is 7.19. The molecule has 0 spiro atoms. The van der Waals surface area contributed by atoms with Gasteiger partial charge in [-0.15, -0.1) is 0 Å². The molecular weight excluding hydrogens is 399 g/mol. The van der Waals surface area contributed by atoms with Crippen LogP contribution in [0.25, 0.3) is 11.1 Å². The minimum absolute atomic E-state index is 0.0205. The van der Waals surface area contributed by atoms with E-state index in [2.05, 4.69) is 15.2 Å². The van der Waals surface area contributed by atoms with Crippen molar-refractivity contribution in [3.8, 4) is 11.1 Å². The molecule has 1 fully saturated rings. The second kappa shape index (κ2) is 9.23. The molecule has 0 unspecified atom stereocenters. The number of benzene rings is 1. The molecule has 31 heavy (non-hydrogen) atoms. The lowest BCUT2D eigenvalue weighted by Gasteiger charge is -2.34. The first-order chi connectivity index (χ1) is 15.0. The van der Waals surface area contributed by atoms with Gasteiger partial charge in [0.05, 0.1) is 31.6 Å². The molecule has 0 bridgehead atoms. The lowest BCUT2D eigenvalue weighted by molar-refractivity contribution is -0.140. The van der Waals surface area contributed by atoms with Crippen LogP contribution in [0.15, 0.2) is 48.8 Å². The maximum absolute atomic E-state index is 13.1. The molecule has 1 aromatic carbocycles. The molecule has 1 aliphatic heterocycles. The number of nitrogens with one attached hydrogen (secondary N) is 1. The molecule has 3 heterocycles. The van der Waals surface area contributed by atoms with Gasteiger partial charge in [-0.3, -0.25) is 14.8 Å². The van der Waals surface area contributed by atoms with Crippen LogP contribution in [0, 0.1) is 5.82 Å². The van der Waals surface area contributed by atoms with E-state index in [1.165, 1.54) is 12.1 Å². The number of halogens is 1. The van der Waals surface area contributed by atoms with Crippen LogP contribution in [0.2, 0.25) is 0 Å². The molecular formula is C22H25FN6O2. The van der Waals surface area contributed by atoms with Gasteiger partial charge in [-0.1, -0.05) is 12.1 Å². The summed E-state index contributed by atoms with van der Waals surface area (Å²) < 4.78 is 19.0. The monoisotopic (exact) mass is 424 g/mol. The number of nitrogen functional groups attached to an aromatic ring is 1. The predicted molar refractivity (Wildman–Crippen MR) is 114 cm³/mol. The van der Waals surface area contributed by atoms with E-state index in [-0.39, 0.29) is 24.4 Å². The number of hydrogen-bond acceptors (Lipinski definition) is 6. The maximum Gasteiger partial charge on any atom is 0.236 e. The number of anilines is 1. The highest BCUT2D eigenvalue weighted by atomic mass is 19.1. The Morgan fingerprint density at radius 1 is 1.35 bits per heavy atom.